The van der Waals surface area contributed by atoms with Crippen LogP contribution in [0, 0.1) is 6.92 Å². The second kappa shape index (κ2) is 4.81. The molecule has 0 atom stereocenters. The van der Waals surface area contributed by atoms with E-state index < -0.39 is 0 Å². The summed E-state index contributed by atoms with van der Waals surface area (Å²) in [6.07, 6.45) is 3.02. The van der Waals surface area contributed by atoms with Gasteiger partial charge in [-0.3, -0.25) is 0 Å². The Labute approximate surface area is 113 Å². The van der Waals surface area contributed by atoms with E-state index in [-0.39, 0.29) is 0 Å². The molecule has 2 nitrogen and oxygen atoms in total. The third-order valence-electron chi connectivity index (χ3n) is 3.45. The number of rotatable bonds is 3. The average molecular weight is 251 g/mol. The fourth-order valence-corrected chi connectivity index (χ4v) is 2.44. The molecule has 0 amide bonds. The summed E-state index contributed by atoms with van der Waals surface area (Å²) >= 11 is 0. The van der Waals surface area contributed by atoms with Crippen LogP contribution in [-0.2, 0) is 6.42 Å². The van der Waals surface area contributed by atoms with Crippen LogP contribution in [0.4, 0.5) is 0 Å². The molecule has 0 radical (unpaired) electrons. The van der Waals surface area contributed by atoms with Crippen molar-refractivity contribution in [1.29, 1.82) is 0 Å². The van der Waals surface area contributed by atoms with Crippen LogP contribution < -0.4 is 4.74 Å². The highest BCUT2D eigenvalue weighted by Gasteiger charge is 2.05. The van der Waals surface area contributed by atoms with Gasteiger partial charge in [-0.05, 0) is 48.7 Å². The Kier molecular flexibility index (Phi) is 3.00. The summed E-state index contributed by atoms with van der Waals surface area (Å²) in [6.45, 7) is 2.13. The van der Waals surface area contributed by atoms with Gasteiger partial charge in [0.25, 0.3) is 0 Å². The minimum Gasteiger partial charge on any atom is -0.497 e. The first kappa shape index (κ1) is 11.8. The summed E-state index contributed by atoms with van der Waals surface area (Å²) in [4.78, 5) is 3.33. The highest BCUT2D eigenvalue weighted by molar-refractivity contribution is 5.84. The van der Waals surface area contributed by atoms with Crippen LogP contribution >= 0.6 is 0 Å². The first-order valence-electron chi connectivity index (χ1n) is 6.46. The number of hydrogen-bond donors (Lipinski definition) is 1. The van der Waals surface area contributed by atoms with E-state index in [0.29, 0.717) is 0 Å². The lowest BCUT2D eigenvalue weighted by Crippen LogP contribution is -1.89. The van der Waals surface area contributed by atoms with Gasteiger partial charge in [0.05, 0.1) is 7.11 Å². The number of H-pyrrole nitrogens is 1. The molecule has 0 unspecified atom stereocenters. The van der Waals surface area contributed by atoms with Crippen molar-refractivity contribution < 1.29 is 4.74 Å². The normalized spacial score (nSPS) is 10.8. The molecule has 0 aliphatic carbocycles. The molecule has 2 aromatic carbocycles. The molecule has 0 bridgehead atoms. The van der Waals surface area contributed by atoms with Gasteiger partial charge >= 0.3 is 0 Å². The van der Waals surface area contributed by atoms with Gasteiger partial charge in [0, 0.05) is 17.1 Å². The summed E-state index contributed by atoms with van der Waals surface area (Å²) in [6, 6.07) is 14.7. The standard InChI is InChI=1S/C17H17NO/c1-12-6-7-17-16(8-12)14(11-18-17)9-13-4-3-5-15(10-13)19-2/h3-8,10-11,18H,9H2,1-2H3. The first-order chi connectivity index (χ1) is 9.26. The monoisotopic (exact) mass is 251 g/mol. The van der Waals surface area contributed by atoms with Crippen LogP contribution in [0.15, 0.2) is 48.7 Å². The maximum absolute atomic E-state index is 5.27. The molecule has 3 aromatic rings. The minimum absolute atomic E-state index is 0.911. The van der Waals surface area contributed by atoms with Crippen molar-refractivity contribution in [2.75, 3.05) is 7.11 Å². The van der Waals surface area contributed by atoms with Crippen molar-refractivity contribution in [2.24, 2.45) is 0 Å². The number of aromatic amines is 1. The van der Waals surface area contributed by atoms with Crippen LogP contribution in [0.25, 0.3) is 10.9 Å². The van der Waals surface area contributed by atoms with Crippen LogP contribution in [0.5, 0.6) is 5.75 Å². The topological polar surface area (TPSA) is 25.0 Å². The van der Waals surface area contributed by atoms with E-state index in [2.05, 4.69) is 48.4 Å². The smallest absolute Gasteiger partial charge is 0.119 e. The predicted molar refractivity (Wildman–Crippen MR) is 78.8 cm³/mol. The minimum atomic E-state index is 0.911. The molecule has 1 heterocycles. The van der Waals surface area contributed by atoms with E-state index >= 15 is 0 Å². The van der Waals surface area contributed by atoms with Crippen LogP contribution in [0.3, 0.4) is 0 Å². The van der Waals surface area contributed by atoms with E-state index in [1.165, 1.54) is 27.6 Å². The van der Waals surface area contributed by atoms with E-state index in [0.717, 1.165) is 12.2 Å². The molecule has 0 saturated heterocycles. The van der Waals surface area contributed by atoms with Gasteiger partial charge in [-0.25, -0.2) is 0 Å². The number of benzene rings is 2. The third-order valence-corrected chi connectivity index (χ3v) is 3.45. The van der Waals surface area contributed by atoms with Gasteiger partial charge in [-0.1, -0.05) is 23.8 Å². The maximum Gasteiger partial charge on any atom is 0.119 e. The molecule has 0 fully saturated rings. The lowest BCUT2D eigenvalue weighted by molar-refractivity contribution is 0.414. The van der Waals surface area contributed by atoms with Gasteiger partial charge in [-0.15, -0.1) is 0 Å². The number of hydrogen-bond acceptors (Lipinski definition) is 1. The molecule has 3 rings (SSSR count). The summed E-state index contributed by atoms with van der Waals surface area (Å²) in [5, 5.41) is 1.31. The Morgan fingerprint density at radius 2 is 2.00 bits per heavy atom. The maximum atomic E-state index is 5.27. The number of aryl methyl sites for hydroxylation is 1. The fourth-order valence-electron chi connectivity index (χ4n) is 2.44. The Bertz CT molecular complexity index is 712. The van der Waals surface area contributed by atoms with Crippen molar-refractivity contribution >= 4 is 10.9 Å². The molecule has 1 N–H and O–H groups in total. The van der Waals surface area contributed by atoms with E-state index in [1.54, 1.807) is 7.11 Å². The van der Waals surface area contributed by atoms with E-state index in [1.807, 2.05) is 12.1 Å². The first-order valence-corrected chi connectivity index (χ1v) is 6.46. The van der Waals surface area contributed by atoms with Crippen molar-refractivity contribution in [3.8, 4) is 5.75 Å². The quantitative estimate of drug-likeness (QED) is 0.745. The van der Waals surface area contributed by atoms with Crippen molar-refractivity contribution in [3.05, 3.63) is 65.4 Å². The van der Waals surface area contributed by atoms with Crippen molar-refractivity contribution in [1.82, 2.24) is 4.98 Å². The Balaban J connectivity index is 1.98. The van der Waals surface area contributed by atoms with Gasteiger partial charge in [-0.2, -0.15) is 0 Å². The second-order valence-electron chi connectivity index (χ2n) is 4.89. The van der Waals surface area contributed by atoms with Crippen molar-refractivity contribution in [2.45, 2.75) is 13.3 Å². The number of nitrogens with one attached hydrogen (secondary N) is 1. The van der Waals surface area contributed by atoms with Crippen LogP contribution in [0.1, 0.15) is 16.7 Å². The highest BCUT2D eigenvalue weighted by Crippen LogP contribution is 2.23. The molecule has 2 heteroatoms. The molecule has 1 aromatic heterocycles. The summed E-state index contributed by atoms with van der Waals surface area (Å²) in [7, 11) is 1.70. The van der Waals surface area contributed by atoms with E-state index in [9.17, 15) is 0 Å². The lowest BCUT2D eigenvalue weighted by atomic mass is 10.0. The van der Waals surface area contributed by atoms with Crippen LogP contribution in [0.2, 0.25) is 0 Å². The molecule has 96 valence electrons. The zero-order chi connectivity index (χ0) is 13.2. The number of fused-ring (bicyclic) bond motifs is 1. The SMILES string of the molecule is COc1cccc(Cc2c[nH]c3ccc(C)cc23)c1. The number of aromatic nitrogens is 1. The predicted octanol–water partition coefficient (Wildman–Crippen LogP) is 4.08. The second-order valence-corrected chi connectivity index (χ2v) is 4.89. The largest absolute Gasteiger partial charge is 0.497 e. The van der Waals surface area contributed by atoms with Gasteiger partial charge in [0.15, 0.2) is 0 Å². The van der Waals surface area contributed by atoms with Crippen molar-refractivity contribution in [3.63, 3.8) is 0 Å². The van der Waals surface area contributed by atoms with Gasteiger partial charge < -0.3 is 9.72 Å². The molecule has 19 heavy (non-hydrogen) atoms. The third kappa shape index (κ3) is 2.34. The van der Waals surface area contributed by atoms with Crippen LogP contribution in [-0.4, -0.2) is 12.1 Å². The summed E-state index contributed by atoms with van der Waals surface area (Å²) < 4.78 is 5.27. The average Bonchev–Trinajstić information content (AvgIpc) is 2.81. The van der Waals surface area contributed by atoms with Gasteiger partial charge in [0.2, 0.25) is 0 Å². The zero-order valence-electron chi connectivity index (χ0n) is 11.2. The Morgan fingerprint density at radius 3 is 2.84 bits per heavy atom. The number of methoxy groups -OCH3 is 1. The summed E-state index contributed by atoms with van der Waals surface area (Å²) in [5.41, 5.74) is 5.08. The van der Waals surface area contributed by atoms with Gasteiger partial charge in [0.1, 0.15) is 5.75 Å². The fraction of sp³-hybridized carbons (Fsp3) is 0.176. The molecule has 0 aliphatic rings. The molecule has 0 aliphatic heterocycles. The summed E-state index contributed by atoms with van der Waals surface area (Å²) in [5.74, 6) is 0.911. The highest BCUT2D eigenvalue weighted by atomic mass is 16.5. The number of ether oxygens (including phenoxy) is 1. The molecular weight excluding hydrogens is 234 g/mol. The zero-order valence-corrected chi connectivity index (χ0v) is 11.2. The molecular formula is C17H17NO. The Morgan fingerprint density at radius 1 is 1.11 bits per heavy atom. The Hall–Kier alpha value is -2.22. The van der Waals surface area contributed by atoms with E-state index in [4.69, 9.17) is 4.74 Å². The molecule has 0 spiro atoms. The molecule has 0 saturated carbocycles. The lowest BCUT2D eigenvalue weighted by Gasteiger charge is -2.04.